The van der Waals surface area contributed by atoms with E-state index >= 15 is 0 Å². The molecule has 118 valence electrons. The summed E-state index contributed by atoms with van der Waals surface area (Å²) in [5.74, 6) is -0.255. The minimum absolute atomic E-state index is 0.0503. The van der Waals surface area contributed by atoms with Crippen molar-refractivity contribution in [3.8, 4) is 0 Å². The average molecular weight is 305 g/mol. The third kappa shape index (κ3) is 3.60. The van der Waals surface area contributed by atoms with Crippen molar-refractivity contribution in [3.05, 3.63) is 33.9 Å². The Hall–Kier alpha value is -2.44. The van der Waals surface area contributed by atoms with E-state index in [0.29, 0.717) is 24.3 Å². The monoisotopic (exact) mass is 305 g/mol. The number of hydrogen-bond acceptors (Lipinski definition) is 5. The van der Waals surface area contributed by atoms with E-state index in [0.717, 1.165) is 12.8 Å². The first-order valence-electron chi connectivity index (χ1n) is 7.20. The SMILES string of the molecule is CC(=O)NC1CCN(c2ccc(C(C)=O)cc2[N+](=O)[O-])CC1. The molecule has 1 aromatic carbocycles. The van der Waals surface area contributed by atoms with E-state index in [1.807, 2.05) is 4.90 Å². The minimum Gasteiger partial charge on any atom is -0.366 e. The van der Waals surface area contributed by atoms with Gasteiger partial charge in [0.15, 0.2) is 5.78 Å². The lowest BCUT2D eigenvalue weighted by Crippen LogP contribution is -2.44. The van der Waals surface area contributed by atoms with Crippen molar-refractivity contribution in [2.75, 3.05) is 18.0 Å². The van der Waals surface area contributed by atoms with Crippen LogP contribution in [0.3, 0.4) is 0 Å². The Labute approximate surface area is 128 Å². The molecule has 22 heavy (non-hydrogen) atoms. The van der Waals surface area contributed by atoms with Crippen molar-refractivity contribution in [2.24, 2.45) is 0 Å². The van der Waals surface area contributed by atoms with Crippen LogP contribution in [-0.2, 0) is 4.79 Å². The van der Waals surface area contributed by atoms with Crippen LogP contribution in [0.4, 0.5) is 11.4 Å². The number of Topliss-reactive ketones (excluding diaryl/α,β-unsaturated/α-hetero) is 1. The van der Waals surface area contributed by atoms with Gasteiger partial charge in [-0.2, -0.15) is 0 Å². The van der Waals surface area contributed by atoms with Crippen LogP contribution >= 0.6 is 0 Å². The second-order valence-corrected chi connectivity index (χ2v) is 5.48. The molecule has 0 spiro atoms. The van der Waals surface area contributed by atoms with Crippen molar-refractivity contribution in [2.45, 2.75) is 32.7 Å². The summed E-state index contributed by atoms with van der Waals surface area (Å²) >= 11 is 0. The molecule has 1 amide bonds. The van der Waals surface area contributed by atoms with Gasteiger partial charge < -0.3 is 10.2 Å². The molecule has 1 heterocycles. The van der Waals surface area contributed by atoms with Crippen LogP contribution in [0.2, 0.25) is 0 Å². The maximum absolute atomic E-state index is 11.4. The highest BCUT2D eigenvalue weighted by molar-refractivity contribution is 5.95. The highest BCUT2D eigenvalue weighted by atomic mass is 16.6. The third-order valence-corrected chi connectivity index (χ3v) is 3.82. The smallest absolute Gasteiger partial charge is 0.293 e. The van der Waals surface area contributed by atoms with E-state index in [1.54, 1.807) is 12.1 Å². The number of ketones is 1. The number of benzene rings is 1. The summed E-state index contributed by atoms with van der Waals surface area (Å²) in [7, 11) is 0. The quantitative estimate of drug-likeness (QED) is 0.521. The van der Waals surface area contributed by atoms with Crippen LogP contribution < -0.4 is 10.2 Å². The molecule has 1 aromatic rings. The number of hydrogen-bond donors (Lipinski definition) is 1. The molecule has 0 aromatic heterocycles. The highest BCUT2D eigenvalue weighted by Crippen LogP contribution is 2.31. The number of carbonyl (C=O) groups is 2. The molecule has 1 aliphatic heterocycles. The van der Waals surface area contributed by atoms with Gasteiger partial charge in [0.25, 0.3) is 5.69 Å². The standard InChI is InChI=1S/C15H19N3O4/c1-10(19)12-3-4-14(15(9-12)18(21)22)17-7-5-13(6-8-17)16-11(2)20/h3-4,9,13H,5-8H2,1-2H3,(H,16,20). The summed E-state index contributed by atoms with van der Waals surface area (Å²) in [6.45, 7) is 4.13. The zero-order valence-electron chi connectivity index (χ0n) is 12.7. The van der Waals surface area contributed by atoms with Gasteiger partial charge in [0, 0.05) is 37.7 Å². The Morgan fingerprint density at radius 2 is 1.91 bits per heavy atom. The fraction of sp³-hybridized carbons (Fsp3) is 0.467. The first-order chi connectivity index (χ1) is 10.4. The van der Waals surface area contributed by atoms with E-state index in [4.69, 9.17) is 0 Å². The molecule has 0 bridgehead atoms. The van der Waals surface area contributed by atoms with Gasteiger partial charge in [-0.1, -0.05) is 0 Å². The molecule has 0 radical (unpaired) electrons. The zero-order chi connectivity index (χ0) is 16.3. The molecule has 1 aliphatic rings. The lowest BCUT2D eigenvalue weighted by Gasteiger charge is -2.33. The van der Waals surface area contributed by atoms with Gasteiger partial charge >= 0.3 is 0 Å². The number of nitro groups is 1. The molecule has 7 nitrogen and oxygen atoms in total. The number of anilines is 1. The second-order valence-electron chi connectivity index (χ2n) is 5.48. The normalized spacial score (nSPS) is 15.5. The first kappa shape index (κ1) is 15.9. The Balaban J connectivity index is 2.17. The van der Waals surface area contributed by atoms with Crippen molar-refractivity contribution < 1.29 is 14.5 Å². The number of carbonyl (C=O) groups excluding carboxylic acids is 2. The van der Waals surface area contributed by atoms with E-state index in [2.05, 4.69) is 5.32 Å². The maximum Gasteiger partial charge on any atom is 0.293 e. The Bertz CT molecular complexity index is 607. The molecule has 1 N–H and O–H groups in total. The number of piperidine rings is 1. The fourth-order valence-corrected chi connectivity index (χ4v) is 2.71. The second kappa shape index (κ2) is 6.55. The number of amides is 1. The zero-order valence-corrected chi connectivity index (χ0v) is 12.7. The Morgan fingerprint density at radius 1 is 1.27 bits per heavy atom. The summed E-state index contributed by atoms with van der Waals surface area (Å²) in [5, 5.41) is 14.1. The van der Waals surface area contributed by atoms with Crippen molar-refractivity contribution in [3.63, 3.8) is 0 Å². The molecule has 1 fully saturated rings. The lowest BCUT2D eigenvalue weighted by molar-refractivity contribution is -0.384. The van der Waals surface area contributed by atoms with Crippen molar-refractivity contribution in [1.29, 1.82) is 0 Å². The summed E-state index contributed by atoms with van der Waals surface area (Å²) < 4.78 is 0. The van der Waals surface area contributed by atoms with Crippen LogP contribution in [0.1, 0.15) is 37.0 Å². The number of rotatable bonds is 4. The Morgan fingerprint density at radius 3 is 2.41 bits per heavy atom. The van der Waals surface area contributed by atoms with Crippen LogP contribution in [0.5, 0.6) is 0 Å². The van der Waals surface area contributed by atoms with Crippen LogP contribution in [0.25, 0.3) is 0 Å². The Kier molecular flexibility index (Phi) is 4.75. The molecule has 1 saturated heterocycles. The largest absolute Gasteiger partial charge is 0.366 e. The lowest BCUT2D eigenvalue weighted by atomic mass is 10.0. The molecule has 2 rings (SSSR count). The first-order valence-corrected chi connectivity index (χ1v) is 7.20. The minimum atomic E-state index is -0.457. The topological polar surface area (TPSA) is 92.6 Å². The van der Waals surface area contributed by atoms with Crippen molar-refractivity contribution >= 4 is 23.1 Å². The number of nitro benzene ring substituents is 1. The van der Waals surface area contributed by atoms with Gasteiger partial charge in [-0.3, -0.25) is 19.7 Å². The molecule has 0 atom stereocenters. The third-order valence-electron chi connectivity index (χ3n) is 3.82. The summed E-state index contributed by atoms with van der Waals surface area (Å²) in [6.07, 6.45) is 1.48. The van der Waals surface area contributed by atoms with Gasteiger partial charge in [0.1, 0.15) is 5.69 Å². The number of nitrogens with one attached hydrogen (secondary N) is 1. The van der Waals surface area contributed by atoms with Gasteiger partial charge in [0.2, 0.25) is 5.91 Å². The fourth-order valence-electron chi connectivity index (χ4n) is 2.71. The number of nitrogens with zero attached hydrogens (tertiary/aromatic N) is 2. The van der Waals surface area contributed by atoms with Crippen LogP contribution in [0, 0.1) is 10.1 Å². The van der Waals surface area contributed by atoms with Gasteiger partial charge in [-0.15, -0.1) is 0 Å². The molecule has 7 heteroatoms. The van der Waals surface area contributed by atoms with Gasteiger partial charge in [-0.05, 0) is 31.9 Å². The van der Waals surface area contributed by atoms with E-state index < -0.39 is 4.92 Å². The molecular formula is C15H19N3O4. The van der Waals surface area contributed by atoms with Gasteiger partial charge in [-0.25, -0.2) is 0 Å². The van der Waals surface area contributed by atoms with Gasteiger partial charge in [0.05, 0.1) is 4.92 Å². The molecular weight excluding hydrogens is 286 g/mol. The molecule has 0 unspecified atom stereocenters. The predicted octanol–water partition coefficient (Wildman–Crippen LogP) is 1.90. The predicted molar refractivity (Wildman–Crippen MR) is 82.2 cm³/mol. The van der Waals surface area contributed by atoms with Crippen LogP contribution in [-0.4, -0.2) is 35.7 Å². The molecule has 0 aliphatic carbocycles. The maximum atomic E-state index is 11.4. The van der Waals surface area contributed by atoms with E-state index in [1.165, 1.54) is 19.9 Å². The summed E-state index contributed by atoms with van der Waals surface area (Å²) in [5.41, 5.74) is 0.811. The highest BCUT2D eigenvalue weighted by Gasteiger charge is 2.25. The molecule has 0 saturated carbocycles. The summed E-state index contributed by atoms with van der Waals surface area (Å²) in [6, 6.07) is 4.69. The van der Waals surface area contributed by atoms with E-state index in [-0.39, 0.29) is 23.4 Å². The van der Waals surface area contributed by atoms with E-state index in [9.17, 15) is 19.7 Å². The van der Waals surface area contributed by atoms with Crippen molar-refractivity contribution in [1.82, 2.24) is 5.32 Å². The summed E-state index contributed by atoms with van der Waals surface area (Å²) in [4.78, 5) is 35.2. The average Bonchev–Trinajstić information content (AvgIpc) is 2.46. The van der Waals surface area contributed by atoms with Crippen LogP contribution in [0.15, 0.2) is 18.2 Å².